The van der Waals surface area contributed by atoms with E-state index in [1.165, 1.54) is 24.8 Å². The first-order valence-corrected chi connectivity index (χ1v) is 8.56. The Morgan fingerprint density at radius 1 is 1.29 bits per heavy atom. The highest BCUT2D eigenvalue weighted by atomic mass is 79.9. The summed E-state index contributed by atoms with van der Waals surface area (Å²) in [5.41, 5.74) is 1.22. The highest BCUT2D eigenvalue weighted by Gasteiger charge is 2.22. The van der Waals surface area contributed by atoms with E-state index in [1.807, 2.05) is 19.2 Å². The molecule has 21 heavy (non-hydrogen) atoms. The maximum absolute atomic E-state index is 12.2. The van der Waals surface area contributed by atoms with Crippen LogP contribution >= 0.6 is 15.9 Å². The molecule has 1 aromatic rings. The summed E-state index contributed by atoms with van der Waals surface area (Å²) in [6.45, 7) is 3.50. The van der Waals surface area contributed by atoms with Gasteiger partial charge in [0, 0.05) is 17.1 Å². The molecular formula is C17H25BrN2O. The van der Waals surface area contributed by atoms with Crippen molar-refractivity contribution in [2.45, 2.75) is 45.2 Å². The van der Waals surface area contributed by atoms with Gasteiger partial charge in [-0.3, -0.25) is 9.69 Å². The van der Waals surface area contributed by atoms with Gasteiger partial charge in [-0.15, -0.1) is 0 Å². The Bertz CT molecular complexity index is 460. The van der Waals surface area contributed by atoms with Gasteiger partial charge in [-0.1, -0.05) is 47.8 Å². The van der Waals surface area contributed by atoms with Crippen molar-refractivity contribution in [2.75, 3.05) is 13.6 Å². The lowest BCUT2D eigenvalue weighted by Gasteiger charge is -2.30. The minimum Gasteiger partial charge on any atom is -0.352 e. The zero-order chi connectivity index (χ0) is 15.2. The number of carbonyl (C=O) groups is 1. The van der Waals surface area contributed by atoms with Crippen molar-refractivity contribution >= 4 is 21.8 Å². The molecule has 2 atom stereocenters. The van der Waals surface area contributed by atoms with E-state index in [0.717, 1.165) is 17.4 Å². The lowest BCUT2D eigenvalue weighted by atomic mass is 9.86. The average molecular weight is 353 g/mol. The molecule has 1 amide bonds. The molecule has 0 aromatic heterocycles. The van der Waals surface area contributed by atoms with Crippen LogP contribution in [0.3, 0.4) is 0 Å². The number of hydrogen-bond donors (Lipinski definition) is 1. The van der Waals surface area contributed by atoms with Gasteiger partial charge in [-0.25, -0.2) is 0 Å². The summed E-state index contributed by atoms with van der Waals surface area (Å²) < 4.78 is 1.08. The Kier molecular flexibility index (Phi) is 6.24. The average Bonchev–Trinajstić information content (AvgIpc) is 2.44. The Morgan fingerprint density at radius 3 is 2.62 bits per heavy atom. The minimum atomic E-state index is 0.147. The number of benzene rings is 1. The molecule has 1 saturated carbocycles. The fourth-order valence-corrected chi connectivity index (χ4v) is 3.25. The predicted molar refractivity (Wildman–Crippen MR) is 90.0 cm³/mol. The van der Waals surface area contributed by atoms with Crippen molar-refractivity contribution in [3.05, 3.63) is 34.3 Å². The Hall–Kier alpha value is -0.870. The highest BCUT2D eigenvalue weighted by Crippen LogP contribution is 2.23. The van der Waals surface area contributed by atoms with Crippen molar-refractivity contribution in [2.24, 2.45) is 5.92 Å². The van der Waals surface area contributed by atoms with Gasteiger partial charge in [0.15, 0.2) is 0 Å². The van der Waals surface area contributed by atoms with Crippen LogP contribution in [0.4, 0.5) is 0 Å². The predicted octanol–water partition coefficient (Wildman–Crippen LogP) is 3.58. The number of halogens is 1. The molecule has 0 spiro atoms. The molecule has 0 saturated heterocycles. The Balaban J connectivity index is 1.77. The van der Waals surface area contributed by atoms with Crippen LogP contribution in [0.5, 0.6) is 0 Å². The van der Waals surface area contributed by atoms with Crippen molar-refractivity contribution in [3.8, 4) is 0 Å². The Labute approximate surface area is 136 Å². The lowest BCUT2D eigenvalue weighted by molar-refractivity contribution is -0.123. The monoisotopic (exact) mass is 352 g/mol. The van der Waals surface area contributed by atoms with Gasteiger partial charge in [0.25, 0.3) is 0 Å². The number of rotatable bonds is 5. The summed E-state index contributed by atoms with van der Waals surface area (Å²) in [6.07, 6.45) is 4.91. The first kappa shape index (κ1) is 16.5. The van der Waals surface area contributed by atoms with E-state index >= 15 is 0 Å². The third kappa shape index (κ3) is 5.44. The number of carbonyl (C=O) groups excluding carboxylic acids is 1. The molecule has 0 unspecified atom stereocenters. The second-order valence-electron chi connectivity index (χ2n) is 6.23. The maximum atomic E-state index is 12.2. The van der Waals surface area contributed by atoms with E-state index in [2.05, 4.69) is 45.2 Å². The lowest BCUT2D eigenvalue weighted by Crippen LogP contribution is -2.44. The van der Waals surface area contributed by atoms with Gasteiger partial charge in [0.05, 0.1) is 6.54 Å². The largest absolute Gasteiger partial charge is 0.352 e. The van der Waals surface area contributed by atoms with E-state index in [0.29, 0.717) is 18.5 Å². The summed E-state index contributed by atoms with van der Waals surface area (Å²) in [5, 5.41) is 3.21. The number of nitrogens with one attached hydrogen (secondary N) is 1. The van der Waals surface area contributed by atoms with Crippen LogP contribution in [-0.4, -0.2) is 30.4 Å². The molecule has 1 fully saturated rings. The van der Waals surface area contributed by atoms with E-state index in [4.69, 9.17) is 0 Å². The molecule has 1 N–H and O–H groups in total. The normalized spacial score (nSPS) is 22.3. The third-order valence-electron chi connectivity index (χ3n) is 4.24. The van der Waals surface area contributed by atoms with Crippen LogP contribution in [0.2, 0.25) is 0 Å². The standard InChI is InChI=1S/C17H25BrN2O/c1-13-5-3-4-6-16(13)19-17(21)12-20(2)11-14-7-9-15(18)10-8-14/h7-10,13,16H,3-6,11-12H2,1-2H3,(H,19,21)/t13-,16+/m1/s1. The van der Waals surface area contributed by atoms with Crippen LogP contribution in [0.25, 0.3) is 0 Å². The molecule has 2 rings (SSSR count). The Morgan fingerprint density at radius 2 is 1.95 bits per heavy atom. The number of likely N-dealkylation sites (N-methyl/N-ethyl adjacent to an activating group) is 1. The quantitative estimate of drug-likeness (QED) is 0.878. The zero-order valence-electron chi connectivity index (χ0n) is 12.9. The van der Waals surface area contributed by atoms with Crippen molar-refractivity contribution in [1.29, 1.82) is 0 Å². The highest BCUT2D eigenvalue weighted by molar-refractivity contribution is 9.10. The van der Waals surface area contributed by atoms with E-state index in [9.17, 15) is 4.79 Å². The van der Waals surface area contributed by atoms with Gasteiger partial charge in [-0.2, -0.15) is 0 Å². The van der Waals surface area contributed by atoms with E-state index < -0.39 is 0 Å². The van der Waals surface area contributed by atoms with Crippen LogP contribution < -0.4 is 5.32 Å². The summed E-state index contributed by atoms with van der Waals surface area (Å²) in [7, 11) is 1.99. The SMILES string of the molecule is C[C@@H]1CCCC[C@@H]1NC(=O)CN(C)Cc1ccc(Br)cc1. The smallest absolute Gasteiger partial charge is 0.234 e. The topological polar surface area (TPSA) is 32.3 Å². The number of hydrogen-bond acceptors (Lipinski definition) is 2. The maximum Gasteiger partial charge on any atom is 0.234 e. The molecule has 1 aliphatic carbocycles. The van der Waals surface area contributed by atoms with Crippen LogP contribution in [0.15, 0.2) is 28.7 Å². The molecule has 3 nitrogen and oxygen atoms in total. The van der Waals surface area contributed by atoms with Gasteiger partial charge in [0.2, 0.25) is 5.91 Å². The molecule has 0 heterocycles. The minimum absolute atomic E-state index is 0.147. The van der Waals surface area contributed by atoms with Gasteiger partial charge >= 0.3 is 0 Å². The van der Waals surface area contributed by atoms with Crippen LogP contribution in [0, 0.1) is 5.92 Å². The molecule has 1 aliphatic rings. The number of nitrogens with zero attached hydrogens (tertiary/aromatic N) is 1. The van der Waals surface area contributed by atoms with Gasteiger partial charge < -0.3 is 5.32 Å². The second-order valence-corrected chi connectivity index (χ2v) is 7.15. The van der Waals surface area contributed by atoms with Gasteiger partial charge in [-0.05, 0) is 43.5 Å². The van der Waals surface area contributed by atoms with Gasteiger partial charge in [0.1, 0.15) is 0 Å². The van der Waals surface area contributed by atoms with Crippen LogP contribution in [-0.2, 0) is 11.3 Å². The zero-order valence-corrected chi connectivity index (χ0v) is 14.5. The fourth-order valence-electron chi connectivity index (χ4n) is 2.99. The molecule has 116 valence electrons. The summed E-state index contributed by atoms with van der Waals surface area (Å²) in [4.78, 5) is 14.2. The third-order valence-corrected chi connectivity index (χ3v) is 4.77. The molecule has 0 aliphatic heterocycles. The second kappa shape index (κ2) is 7.95. The first-order chi connectivity index (χ1) is 10.0. The molecule has 4 heteroatoms. The molecule has 0 bridgehead atoms. The van der Waals surface area contributed by atoms with E-state index in [1.54, 1.807) is 0 Å². The van der Waals surface area contributed by atoms with Crippen molar-refractivity contribution in [1.82, 2.24) is 10.2 Å². The van der Waals surface area contributed by atoms with Crippen molar-refractivity contribution in [3.63, 3.8) is 0 Å². The summed E-state index contributed by atoms with van der Waals surface area (Å²) >= 11 is 3.44. The first-order valence-electron chi connectivity index (χ1n) is 7.77. The summed E-state index contributed by atoms with van der Waals surface area (Å²) in [6, 6.07) is 8.61. The number of amides is 1. The molecule has 1 aromatic carbocycles. The van der Waals surface area contributed by atoms with Crippen LogP contribution in [0.1, 0.15) is 38.2 Å². The molecular weight excluding hydrogens is 328 g/mol. The van der Waals surface area contributed by atoms with Crippen molar-refractivity contribution < 1.29 is 4.79 Å². The van der Waals surface area contributed by atoms with E-state index in [-0.39, 0.29) is 5.91 Å². The fraction of sp³-hybridized carbons (Fsp3) is 0.588. The summed E-state index contributed by atoms with van der Waals surface area (Å²) in [5.74, 6) is 0.757. The molecule has 0 radical (unpaired) electrons.